The number of benzene rings is 1. The summed E-state index contributed by atoms with van der Waals surface area (Å²) in [7, 11) is 2.52. The normalized spacial score (nSPS) is 31.5. The number of nitrogens with zero attached hydrogens (tertiary/aromatic N) is 2. The predicted molar refractivity (Wildman–Crippen MR) is 109 cm³/mol. The first-order valence-corrected chi connectivity index (χ1v) is 10.6. The van der Waals surface area contributed by atoms with Gasteiger partial charge in [0.25, 0.3) is 0 Å². The number of rotatable bonds is 6. The quantitative estimate of drug-likeness (QED) is 0.612. The monoisotopic (exact) mass is 374 g/mol. The van der Waals surface area contributed by atoms with E-state index in [0.29, 0.717) is 11.7 Å². The molecule has 1 aromatic carbocycles. The Morgan fingerprint density at radius 2 is 2.04 bits per heavy atom. The van der Waals surface area contributed by atoms with Crippen LogP contribution in [0.25, 0.3) is 4.91 Å². The van der Waals surface area contributed by atoms with Gasteiger partial charge in [0.05, 0.1) is 16.9 Å². The fraction of sp³-hybridized carbons (Fsp3) is 0.571. The van der Waals surface area contributed by atoms with Gasteiger partial charge in [-0.3, -0.25) is 4.21 Å². The minimum Gasteiger partial charge on any atom is -0.392 e. The van der Waals surface area contributed by atoms with Crippen LogP contribution in [0, 0.1) is 16.7 Å². The van der Waals surface area contributed by atoms with E-state index < -0.39 is 10.8 Å². The summed E-state index contributed by atoms with van der Waals surface area (Å²) in [6.07, 6.45) is 6.14. The summed E-state index contributed by atoms with van der Waals surface area (Å²) in [4.78, 5) is 0.781. The van der Waals surface area contributed by atoms with Gasteiger partial charge in [-0.2, -0.15) is 5.10 Å². The van der Waals surface area contributed by atoms with E-state index in [9.17, 15) is 9.32 Å². The minimum atomic E-state index is -1.20. The van der Waals surface area contributed by atoms with Gasteiger partial charge in [-0.1, -0.05) is 44.2 Å². The van der Waals surface area contributed by atoms with Crippen LogP contribution >= 0.6 is 0 Å². The van der Waals surface area contributed by atoms with Gasteiger partial charge < -0.3 is 10.1 Å². The zero-order valence-corrected chi connectivity index (χ0v) is 17.0. The number of aliphatic hydroxyl groups is 1. The van der Waals surface area contributed by atoms with Crippen LogP contribution in [0.3, 0.4) is 0 Å². The van der Waals surface area contributed by atoms with Crippen molar-refractivity contribution in [1.82, 2.24) is 5.01 Å². The molecule has 26 heavy (non-hydrogen) atoms. The lowest BCUT2D eigenvalue weighted by molar-refractivity contribution is 0.0162. The average molecular weight is 375 g/mol. The third-order valence-electron chi connectivity index (χ3n) is 6.60. The number of hydrogen-bond acceptors (Lipinski definition) is 4. The molecule has 4 atom stereocenters. The van der Waals surface area contributed by atoms with Crippen LogP contribution in [0.15, 0.2) is 41.5 Å². The summed E-state index contributed by atoms with van der Waals surface area (Å²) < 4.78 is 13.4. The summed E-state index contributed by atoms with van der Waals surface area (Å²) in [6, 6.07) is 9.85. The number of hydrogen-bond donors (Lipinski definition) is 1. The smallest absolute Gasteiger partial charge is 0.0613 e. The van der Waals surface area contributed by atoms with Crippen molar-refractivity contribution < 1.29 is 9.32 Å². The van der Waals surface area contributed by atoms with E-state index in [1.54, 1.807) is 11.2 Å². The molecule has 0 spiro atoms. The highest BCUT2D eigenvalue weighted by molar-refractivity contribution is 7.94. The highest BCUT2D eigenvalue weighted by atomic mass is 32.2. The molecule has 0 radical (unpaired) electrons. The second-order valence-electron chi connectivity index (χ2n) is 8.36. The molecule has 2 bridgehead atoms. The van der Waals surface area contributed by atoms with Gasteiger partial charge in [0.15, 0.2) is 0 Å². The Bertz CT molecular complexity index is 727. The Labute approximate surface area is 159 Å². The third-order valence-corrected chi connectivity index (χ3v) is 8.24. The Morgan fingerprint density at radius 1 is 1.35 bits per heavy atom. The fourth-order valence-electron chi connectivity index (χ4n) is 4.83. The Hall–Kier alpha value is -1.46. The maximum absolute atomic E-state index is 13.4. The van der Waals surface area contributed by atoms with Gasteiger partial charge in [-0.05, 0) is 42.2 Å². The SMILES string of the molecule is CN(C)/N=C\C=C(/c1ccccc1)S(=O)C[C@]12CC[C@H](C[C@H]1O)C2(C)C. The van der Waals surface area contributed by atoms with E-state index in [4.69, 9.17) is 0 Å². The fourth-order valence-corrected chi connectivity index (χ4v) is 6.78. The van der Waals surface area contributed by atoms with E-state index >= 15 is 0 Å². The van der Waals surface area contributed by atoms with Gasteiger partial charge in [0.1, 0.15) is 0 Å². The Morgan fingerprint density at radius 3 is 2.58 bits per heavy atom. The highest BCUT2D eigenvalue weighted by Crippen LogP contribution is 2.66. The van der Waals surface area contributed by atoms with Crippen molar-refractivity contribution in [3.05, 3.63) is 42.0 Å². The van der Waals surface area contributed by atoms with Crippen molar-refractivity contribution in [2.45, 2.75) is 39.2 Å². The van der Waals surface area contributed by atoms with Crippen LogP contribution < -0.4 is 0 Å². The molecule has 2 aliphatic carbocycles. The summed E-state index contributed by atoms with van der Waals surface area (Å²) >= 11 is 0. The molecule has 2 fully saturated rings. The molecule has 2 saturated carbocycles. The standard InChI is InChI=1S/C21H30N2O2S/c1-20(2)17-10-12-21(20,19(24)14-17)15-26(25)18(11-13-22-23(3)4)16-8-6-5-7-9-16/h5-9,11,13,17,19,24H,10,12,14-15H2,1-4H3/b18-11+,22-13-/t17-,19-,21-,26?/m1/s1. The largest absolute Gasteiger partial charge is 0.392 e. The molecule has 4 nitrogen and oxygen atoms in total. The average Bonchev–Trinajstić information content (AvgIpc) is 2.93. The lowest BCUT2D eigenvalue weighted by atomic mass is 9.70. The van der Waals surface area contributed by atoms with Crippen molar-refractivity contribution in [3.8, 4) is 0 Å². The molecule has 0 heterocycles. The van der Waals surface area contributed by atoms with Gasteiger partial charge in [0.2, 0.25) is 0 Å². The van der Waals surface area contributed by atoms with Gasteiger partial charge >= 0.3 is 0 Å². The van der Waals surface area contributed by atoms with Crippen LogP contribution in [-0.2, 0) is 10.8 Å². The van der Waals surface area contributed by atoms with Gasteiger partial charge in [-0.25, -0.2) is 0 Å². The molecule has 3 rings (SSSR count). The molecular weight excluding hydrogens is 344 g/mol. The number of aliphatic hydroxyl groups excluding tert-OH is 1. The van der Waals surface area contributed by atoms with Crippen LogP contribution in [-0.4, -0.2) is 46.5 Å². The van der Waals surface area contributed by atoms with Crippen LogP contribution in [0.5, 0.6) is 0 Å². The predicted octanol–water partition coefficient (Wildman–Crippen LogP) is 3.51. The first-order chi connectivity index (χ1) is 12.3. The minimum absolute atomic E-state index is 0.0294. The molecule has 0 aromatic heterocycles. The van der Waals surface area contributed by atoms with E-state index in [0.717, 1.165) is 29.7 Å². The summed E-state index contributed by atoms with van der Waals surface area (Å²) in [6.45, 7) is 4.50. The maximum Gasteiger partial charge on any atom is 0.0613 e. The topological polar surface area (TPSA) is 52.9 Å². The van der Waals surface area contributed by atoms with Crippen molar-refractivity contribution in [3.63, 3.8) is 0 Å². The lowest BCUT2D eigenvalue weighted by Gasteiger charge is -2.40. The number of hydrazone groups is 1. The van der Waals surface area contributed by atoms with Crippen molar-refractivity contribution >= 4 is 21.9 Å². The maximum atomic E-state index is 13.4. The molecule has 0 amide bonds. The van der Waals surface area contributed by atoms with E-state index in [1.165, 1.54) is 0 Å². The lowest BCUT2D eigenvalue weighted by Crippen LogP contribution is -2.43. The molecule has 0 saturated heterocycles. The van der Waals surface area contributed by atoms with Crippen LogP contribution in [0.2, 0.25) is 0 Å². The van der Waals surface area contributed by atoms with Crippen molar-refractivity contribution in [1.29, 1.82) is 0 Å². The zero-order chi connectivity index (χ0) is 18.9. The van der Waals surface area contributed by atoms with Crippen LogP contribution in [0.1, 0.15) is 38.7 Å². The van der Waals surface area contributed by atoms with E-state index in [2.05, 4.69) is 18.9 Å². The number of allylic oxidation sites excluding steroid dienone is 1. The second-order valence-corrected chi connectivity index (χ2v) is 9.78. The summed E-state index contributed by atoms with van der Waals surface area (Å²) in [5.74, 6) is 1.04. The molecule has 1 unspecified atom stereocenters. The molecule has 2 aliphatic rings. The second kappa shape index (κ2) is 7.28. The van der Waals surface area contributed by atoms with E-state index in [1.807, 2.05) is 50.5 Å². The number of fused-ring (bicyclic) bond motifs is 2. The molecule has 1 aromatic rings. The first kappa shape index (κ1) is 19.3. The molecule has 0 aliphatic heterocycles. The summed E-state index contributed by atoms with van der Waals surface area (Å²) in [5.41, 5.74) is 0.726. The Balaban J connectivity index is 1.91. The third kappa shape index (κ3) is 3.27. The molecule has 5 heteroatoms. The van der Waals surface area contributed by atoms with Crippen molar-refractivity contribution in [2.24, 2.45) is 21.8 Å². The molecule has 142 valence electrons. The first-order valence-electron chi connectivity index (χ1n) is 9.31. The van der Waals surface area contributed by atoms with Crippen LogP contribution in [0.4, 0.5) is 0 Å². The zero-order valence-electron chi connectivity index (χ0n) is 16.2. The molecule has 1 N–H and O–H groups in total. The molecular formula is C21H30N2O2S. The van der Waals surface area contributed by atoms with Gasteiger partial charge in [-0.15, -0.1) is 0 Å². The van der Waals surface area contributed by atoms with Gasteiger partial charge in [0, 0.05) is 36.4 Å². The van der Waals surface area contributed by atoms with E-state index in [-0.39, 0.29) is 16.9 Å². The Kier molecular flexibility index (Phi) is 5.40. The summed E-state index contributed by atoms with van der Waals surface area (Å²) in [5, 5.41) is 16.7. The van der Waals surface area contributed by atoms with Crippen molar-refractivity contribution in [2.75, 3.05) is 19.8 Å². The highest BCUT2D eigenvalue weighted by Gasteiger charge is 2.64.